The number of hydrogen-bond acceptors (Lipinski definition) is 8. The van der Waals surface area contributed by atoms with E-state index in [1.165, 1.54) is 19.2 Å². The van der Waals surface area contributed by atoms with Gasteiger partial charge >= 0.3 is 6.09 Å². The van der Waals surface area contributed by atoms with E-state index in [1.807, 2.05) is 59.3 Å². The number of hydrogen-bond donors (Lipinski definition) is 1. The van der Waals surface area contributed by atoms with Gasteiger partial charge in [0, 0.05) is 72.9 Å². The average molecular weight is 703 g/mol. The van der Waals surface area contributed by atoms with Crippen molar-refractivity contribution in [2.24, 2.45) is 22.6 Å². The van der Waals surface area contributed by atoms with Crippen LogP contribution >= 0.6 is 0 Å². The van der Waals surface area contributed by atoms with Crippen molar-refractivity contribution in [1.82, 2.24) is 14.8 Å². The van der Waals surface area contributed by atoms with Gasteiger partial charge in [-0.1, -0.05) is 31.4 Å². The van der Waals surface area contributed by atoms with Crippen LogP contribution < -0.4 is 15.4 Å². The van der Waals surface area contributed by atoms with E-state index >= 15 is 0 Å². The molecule has 10 nitrogen and oxygen atoms in total. The first-order valence-electron chi connectivity index (χ1n) is 18.9. The molecule has 3 aliphatic rings. The van der Waals surface area contributed by atoms with Crippen LogP contribution in [0.1, 0.15) is 101 Å². The van der Waals surface area contributed by atoms with Crippen molar-refractivity contribution in [2.45, 2.75) is 103 Å². The standard InChI is InChI=1S/C33H46N4O2.C8H16N2O2/c1-23(2)35-21-29(20-34)28-11-8-12-30(19-28)37(33(38)27-9-6-5-7-10-27)22-25-13-15-26(16-14-25)31-17-18-32(39-4)24(3)36-31;1-9(2)7-4-5-10(6-7)8(11)12-3/h8,11-12,17-21,23,25-27H,5-7,9-10,13-16,22,34H2,1-4H3;7H,4-6H2,1-3H3/b29-20+,35-21?;. The molecule has 1 unspecified atom stereocenters. The zero-order chi connectivity index (χ0) is 36.9. The predicted molar refractivity (Wildman–Crippen MR) is 207 cm³/mol. The summed E-state index contributed by atoms with van der Waals surface area (Å²) in [5.41, 5.74) is 10.9. The van der Waals surface area contributed by atoms with Crippen LogP contribution in [0.3, 0.4) is 0 Å². The number of nitrogens with two attached hydrogens (primary N) is 1. The quantitative estimate of drug-likeness (QED) is 0.256. The highest BCUT2D eigenvalue weighted by atomic mass is 16.5. The number of aliphatic imine (C=N–C) groups is 1. The zero-order valence-electron chi connectivity index (χ0n) is 32.1. The molecule has 2 saturated carbocycles. The van der Waals surface area contributed by atoms with Gasteiger partial charge in [0.1, 0.15) is 5.75 Å². The summed E-state index contributed by atoms with van der Waals surface area (Å²) in [6, 6.07) is 13.1. The molecule has 2 aromatic rings. The molecule has 1 aliphatic heterocycles. The van der Waals surface area contributed by atoms with E-state index in [0.29, 0.717) is 17.9 Å². The molecule has 280 valence electrons. The van der Waals surface area contributed by atoms with Crippen molar-refractivity contribution in [3.63, 3.8) is 0 Å². The molecule has 2 amide bonds. The number of ether oxygens (including phenoxy) is 2. The third kappa shape index (κ3) is 11.3. The molecule has 0 radical (unpaired) electrons. The van der Waals surface area contributed by atoms with Gasteiger partial charge in [-0.25, -0.2) is 4.79 Å². The summed E-state index contributed by atoms with van der Waals surface area (Å²) in [5.74, 6) is 2.19. The number of pyridine rings is 1. The van der Waals surface area contributed by atoms with Crippen molar-refractivity contribution >= 4 is 29.5 Å². The molecule has 1 atom stereocenters. The second-order valence-electron chi connectivity index (χ2n) is 14.9. The van der Waals surface area contributed by atoms with Crippen LogP contribution in [0.2, 0.25) is 0 Å². The Hall–Kier alpha value is -3.92. The highest BCUT2D eigenvalue weighted by Crippen LogP contribution is 2.38. The molecule has 3 fully saturated rings. The number of carbonyl (C=O) groups excluding carboxylic acids is 2. The lowest BCUT2D eigenvalue weighted by Gasteiger charge is -2.35. The number of aromatic nitrogens is 1. The summed E-state index contributed by atoms with van der Waals surface area (Å²) in [7, 11) is 7.18. The van der Waals surface area contributed by atoms with Crippen LogP contribution in [0.15, 0.2) is 47.6 Å². The predicted octanol–water partition coefficient (Wildman–Crippen LogP) is 7.45. The minimum Gasteiger partial charge on any atom is -0.495 e. The Kier molecular flexibility index (Phi) is 15.3. The van der Waals surface area contributed by atoms with Crippen LogP contribution in [0, 0.1) is 18.8 Å². The van der Waals surface area contributed by atoms with Gasteiger partial charge in [0.05, 0.1) is 19.9 Å². The van der Waals surface area contributed by atoms with Crippen molar-refractivity contribution in [2.75, 3.05) is 52.8 Å². The lowest BCUT2D eigenvalue weighted by molar-refractivity contribution is -0.123. The van der Waals surface area contributed by atoms with Gasteiger partial charge in [-0.3, -0.25) is 14.8 Å². The smallest absolute Gasteiger partial charge is 0.409 e. The van der Waals surface area contributed by atoms with Gasteiger partial charge in [-0.05, 0) is 116 Å². The summed E-state index contributed by atoms with van der Waals surface area (Å²) in [6.45, 7) is 8.48. The Bertz CT molecular complexity index is 1480. The fraction of sp³-hybridized carbons (Fsp3) is 0.610. The van der Waals surface area contributed by atoms with Gasteiger partial charge in [0.25, 0.3) is 0 Å². The fourth-order valence-electron chi connectivity index (χ4n) is 7.56. The first kappa shape index (κ1) is 39.9. The zero-order valence-corrected chi connectivity index (χ0v) is 32.1. The van der Waals surface area contributed by atoms with E-state index in [0.717, 1.165) is 106 Å². The van der Waals surface area contributed by atoms with E-state index in [1.54, 1.807) is 18.2 Å². The molecule has 10 heteroatoms. The number of likely N-dealkylation sites (tertiary alicyclic amines) is 1. The van der Waals surface area contributed by atoms with Crippen LogP contribution in [-0.2, 0) is 9.53 Å². The summed E-state index contributed by atoms with van der Waals surface area (Å²) in [5, 5.41) is 0. The van der Waals surface area contributed by atoms with E-state index < -0.39 is 0 Å². The van der Waals surface area contributed by atoms with Crippen LogP contribution in [-0.4, -0.2) is 93.0 Å². The largest absolute Gasteiger partial charge is 0.495 e. The second-order valence-corrected chi connectivity index (χ2v) is 14.9. The number of allylic oxidation sites excluding steroid dienone is 1. The monoisotopic (exact) mass is 702 g/mol. The molecule has 0 bridgehead atoms. The molecular weight excluding hydrogens is 640 g/mol. The average Bonchev–Trinajstić information content (AvgIpc) is 3.66. The molecular formula is C41H62N6O4. The topological polar surface area (TPSA) is 114 Å². The minimum absolute atomic E-state index is 0.122. The summed E-state index contributed by atoms with van der Waals surface area (Å²) in [6.07, 6.45) is 14.2. The molecule has 51 heavy (non-hydrogen) atoms. The third-order valence-corrected chi connectivity index (χ3v) is 10.7. The van der Waals surface area contributed by atoms with Crippen molar-refractivity contribution in [3.05, 3.63) is 59.5 Å². The molecule has 2 heterocycles. The molecule has 1 saturated heterocycles. The van der Waals surface area contributed by atoms with Crippen molar-refractivity contribution < 1.29 is 19.1 Å². The lowest BCUT2D eigenvalue weighted by atomic mass is 9.79. The highest BCUT2D eigenvalue weighted by Gasteiger charge is 2.31. The SMILES string of the molecule is COC(=O)N1CCC(N(C)C)C1.COc1ccc(C2CCC(CN(C(=O)C3CCCCC3)c3cccc(/C(C=NC(C)C)=C/N)c3)CC2)nc1C. The first-order valence-corrected chi connectivity index (χ1v) is 18.9. The Labute approximate surface area is 306 Å². The molecule has 2 N–H and O–H groups in total. The first-order chi connectivity index (χ1) is 24.5. The maximum Gasteiger partial charge on any atom is 0.409 e. The van der Waals surface area contributed by atoms with E-state index in [2.05, 4.69) is 37.7 Å². The van der Waals surface area contributed by atoms with E-state index in [9.17, 15) is 9.59 Å². The Balaban J connectivity index is 0.000000411. The Morgan fingerprint density at radius 1 is 1.02 bits per heavy atom. The number of benzene rings is 1. The number of aryl methyl sites for hydroxylation is 1. The molecule has 5 rings (SSSR count). The molecule has 1 aromatic carbocycles. The van der Waals surface area contributed by atoms with Gasteiger partial charge in [-0.2, -0.15) is 0 Å². The van der Waals surface area contributed by atoms with Crippen LogP contribution in [0.25, 0.3) is 5.57 Å². The molecule has 1 aromatic heterocycles. The normalized spacial score (nSPS) is 21.5. The lowest BCUT2D eigenvalue weighted by Crippen LogP contribution is -2.41. The van der Waals surface area contributed by atoms with Gasteiger partial charge in [0.15, 0.2) is 0 Å². The number of methoxy groups -OCH3 is 2. The maximum atomic E-state index is 14.0. The second kappa shape index (κ2) is 19.6. The van der Waals surface area contributed by atoms with Gasteiger partial charge in [0.2, 0.25) is 5.91 Å². The maximum absolute atomic E-state index is 14.0. The number of likely N-dealkylation sites (N-methyl/N-ethyl adjacent to an activating group) is 1. The summed E-state index contributed by atoms with van der Waals surface area (Å²) < 4.78 is 10.0. The van der Waals surface area contributed by atoms with E-state index in [4.69, 9.17) is 15.5 Å². The van der Waals surface area contributed by atoms with Crippen LogP contribution in [0.4, 0.5) is 10.5 Å². The molecule has 2 aliphatic carbocycles. The van der Waals surface area contributed by atoms with E-state index in [-0.39, 0.29) is 24.0 Å². The number of carbonyl (C=O) groups is 2. The summed E-state index contributed by atoms with van der Waals surface area (Å²) in [4.78, 5) is 40.4. The third-order valence-electron chi connectivity index (χ3n) is 10.7. The van der Waals surface area contributed by atoms with Crippen LogP contribution in [0.5, 0.6) is 5.75 Å². The highest BCUT2D eigenvalue weighted by molar-refractivity contribution is 6.10. The van der Waals surface area contributed by atoms with Gasteiger partial charge in [-0.15, -0.1) is 0 Å². The van der Waals surface area contributed by atoms with Crippen molar-refractivity contribution in [3.8, 4) is 5.75 Å². The summed E-state index contributed by atoms with van der Waals surface area (Å²) >= 11 is 0. The molecule has 0 spiro atoms. The van der Waals surface area contributed by atoms with Crippen molar-refractivity contribution in [1.29, 1.82) is 0 Å². The minimum atomic E-state index is -0.209. The number of rotatable bonds is 10. The Morgan fingerprint density at radius 2 is 1.75 bits per heavy atom. The van der Waals surface area contributed by atoms with Gasteiger partial charge < -0.3 is 29.9 Å². The Morgan fingerprint density at radius 3 is 2.33 bits per heavy atom. The number of nitrogens with zero attached hydrogens (tertiary/aromatic N) is 5. The fourth-order valence-corrected chi connectivity index (χ4v) is 7.56. The number of amides is 2. The number of anilines is 1.